The first kappa shape index (κ1) is 24.4. The van der Waals surface area contributed by atoms with E-state index in [-0.39, 0.29) is 0 Å². The number of hydrogen-bond acceptors (Lipinski definition) is 5. The van der Waals surface area contributed by atoms with Crippen molar-refractivity contribution in [1.82, 2.24) is 15.5 Å². The quantitative estimate of drug-likeness (QED) is 0.274. The second-order valence-corrected chi connectivity index (χ2v) is 7.35. The third-order valence-corrected chi connectivity index (χ3v) is 4.89. The molecule has 1 heterocycles. The minimum absolute atomic E-state index is 0.579. The Morgan fingerprint density at radius 3 is 2.67 bits per heavy atom. The van der Waals surface area contributed by atoms with Gasteiger partial charge in [0.1, 0.15) is 12.4 Å². The molecule has 0 saturated carbocycles. The maximum Gasteiger partial charge on any atom is 0.191 e. The largest absolute Gasteiger partial charge is 0.492 e. The zero-order valence-electron chi connectivity index (χ0n) is 18.8. The van der Waals surface area contributed by atoms with Crippen LogP contribution in [0.5, 0.6) is 5.75 Å². The molecule has 170 valence electrons. The molecule has 30 heavy (non-hydrogen) atoms. The molecule has 1 aromatic rings. The van der Waals surface area contributed by atoms with Gasteiger partial charge in [-0.25, -0.2) is 4.99 Å². The molecule has 7 heteroatoms. The number of rotatable bonds is 14. The lowest BCUT2D eigenvalue weighted by molar-refractivity contribution is 0.0322. The van der Waals surface area contributed by atoms with E-state index in [1.165, 1.54) is 6.42 Å². The topological polar surface area (TPSA) is 67.3 Å². The predicted octanol–water partition coefficient (Wildman–Crippen LogP) is 2.66. The second-order valence-electron chi connectivity index (χ2n) is 7.35. The molecule has 1 saturated heterocycles. The van der Waals surface area contributed by atoms with E-state index in [9.17, 15) is 0 Å². The van der Waals surface area contributed by atoms with Crippen molar-refractivity contribution in [1.29, 1.82) is 0 Å². The van der Waals surface area contributed by atoms with Gasteiger partial charge in [0.15, 0.2) is 5.96 Å². The Kier molecular flexibility index (Phi) is 13.0. The summed E-state index contributed by atoms with van der Waals surface area (Å²) in [6.45, 7) is 13.3. The third-order valence-electron chi connectivity index (χ3n) is 4.89. The molecular weight excluding hydrogens is 380 g/mol. The molecule has 0 aliphatic carbocycles. The highest BCUT2D eigenvalue weighted by Crippen LogP contribution is 2.19. The standard InChI is InChI=1S/C23H40N4O3/c1-3-5-15-28-16-8-11-25-23(24-4-2)26-20-21-9-6-7-10-22(21)30-19-14-27-12-17-29-18-13-27/h6-7,9-10H,3-5,8,11-20H2,1-2H3,(H2,24,25,26). The van der Waals surface area contributed by atoms with E-state index >= 15 is 0 Å². The average Bonchev–Trinajstić information content (AvgIpc) is 2.78. The zero-order chi connectivity index (χ0) is 21.3. The Morgan fingerprint density at radius 2 is 1.87 bits per heavy atom. The third kappa shape index (κ3) is 10.3. The molecule has 2 rings (SSSR count). The van der Waals surface area contributed by atoms with Crippen LogP contribution in [-0.2, 0) is 16.0 Å². The van der Waals surface area contributed by atoms with Gasteiger partial charge in [-0.1, -0.05) is 31.5 Å². The van der Waals surface area contributed by atoms with E-state index in [1.807, 2.05) is 18.2 Å². The summed E-state index contributed by atoms with van der Waals surface area (Å²) in [6, 6.07) is 8.16. The summed E-state index contributed by atoms with van der Waals surface area (Å²) in [4.78, 5) is 7.11. The van der Waals surface area contributed by atoms with Crippen LogP contribution in [0, 0.1) is 0 Å². The number of guanidine groups is 1. The Bertz CT molecular complexity index is 592. The Hall–Kier alpha value is -1.83. The number of ether oxygens (including phenoxy) is 3. The van der Waals surface area contributed by atoms with Crippen LogP contribution in [0.2, 0.25) is 0 Å². The van der Waals surface area contributed by atoms with Crippen molar-refractivity contribution in [3.8, 4) is 5.75 Å². The van der Waals surface area contributed by atoms with Gasteiger partial charge in [-0.2, -0.15) is 0 Å². The fourth-order valence-electron chi connectivity index (χ4n) is 3.12. The Labute approximate surface area is 182 Å². The van der Waals surface area contributed by atoms with Gasteiger partial charge in [-0.05, 0) is 25.8 Å². The molecule has 0 aromatic heterocycles. The van der Waals surface area contributed by atoms with Gasteiger partial charge in [-0.15, -0.1) is 0 Å². The van der Waals surface area contributed by atoms with Crippen LogP contribution >= 0.6 is 0 Å². The summed E-state index contributed by atoms with van der Waals surface area (Å²) in [7, 11) is 0. The lowest BCUT2D eigenvalue weighted by Crippen LogP contribution is -2.38. The molecule has 1 aromatic carbocycles. The van der Waals surface area contributed by atoms with Gasteiger partial charge in [0.05, 0.1) is 19.8 Å². The van der Waals surface area contributed by atoms with Crippen molar-refractivity contribution in [3.63, 3.8) is 0 Å². The smallest absolute Gasteiger partial charge is 0.191 e. The maximum absolute atomic E-state index is 6.07. The van der Waals surface area contributed by atoms with Gasteiger partial charge in [0.2, 0.25) is 0 Å². The normalized spacial score (nSPS) is 15.2. The Balaban J connectivity index is 1.76. The first-order valence-corrected chi connectivity index (χ1v) is 11.4. The van der Waals surface area contributed by atoms with E-state index in [1.54, 1.807) is 0 Å². The van der Waals surface area contributed by atoms with Crippen molar-refractivity contribution in [2.75, 3.05) is 65.8 Å². The van der Waals surface area contributed by atoms with Crippen molar-refractivity contribution >= 4 is 5.96 Å². The highest BCUT2D eigenvalue weighted by Gasteiger charge is 2.10. The zero-order valence-corrected chi connectivity index (χ0v) is 18.8. The minimum atomic E-state index is 0.579. The number of para-hydroxylation sites is 1. The molecule has 0 amide bonds. The van der Waals surface area contributed by atoms with Crippen molar-refractivity contribution in [3.05, 3.63) is 29.8 Å². The first-order valence-electron chi connectivity index (χ1n) is 11.4. The maximum atomic E-state index is 6.07. The van der Waals surface area contributed by atoms with Crippen LogP contribution in [0.3, 0.4) is 0 Å². The van der Waals surface area contributed by atoms with Crippen LogP contribution in [0.25, 0.3) is 0 Å². The number of aliphatic imine (C=N–C) groups is 1. The molecule has 7 nitrogen and oxygen atoms in total. The number of unbranched alkanes of at least 4 members (excludes halogenated alkanes) is 1. The van der Waals surface area contributed by atoms with E-state index < -0.39 is 0 Å². The second kappa shape index (κ2) is 15.9. The summed E-state index contributed by atoms with van der Waals surface area (Å²) in [6.07, 6.45) is 3.27. The van der Waals surface area contributed by atoms with E-state index in [2.05, 4.69) is 35.4 Å². The average molecular weight is 421 g/mol. The SMILES string of the molecule is CCCCOCCCNC(=NCc1ccccc1OCCN1CCOCC1)NCC. The fourth-order valence-corrected chi connectivity index (χ4v) is 3.12. The van der Waals surface area contributed by atoms with Gasteiger partial charge < -0.3 is 24.8 Å². The van der Waals surface area contributed by atoms with Crippen LogP contribution in [-0.4, -0.2) is 76.6 Å². The number of nitrogens with one attached hydrogen (secondary N) is 2. The molecule has 0 bridgehead atoms. The van der Waals surface area contributed by atoms with Gasteiger partial charge in [0.25, 0.3) is 0 Å². The summed E-state index contributed by atoms with van der Waals surface area (Å²) in [5, 5.41) is 6.70. The van der Waals surface area contributed by atoms with Crippen molar-refractivity contribution in [2.45, 2.75) is 39.7 Å². The number of hydrogen-bond donors (Lipinski definition) is 2. The molecule has 0 radical (unpaired) electrons. The molecule has 0 spiro atoms. The van der Waals surface area contributed by atoms with E-state index in [4.69, 9.17) is 19.2 Å². The van der Waals surface area contributed by atoms with E-state index in [0.29, 0.717) is 13.2 Å². The van der Waals surface area contributed by atoms with Gasteiger partial charge in [-0.3, -0.25) is 4.90 Å². The molecule has 1 aliphatic heterocycles. The van der Waals surface area contributed by atoms with Crippen LogP contribution < -0.4 is 15.4 Å². The summed E-state index contributed by atoms with van der Waals surface area (Å²) in [5.41, 5.74) is 1.10. The lowest BCUT2D eigenvalue weighted by atomic mass is 10.2. The molecule has 1 fully saturated rings. The first-order chi connectivity index (χ1) is 14.8. The number of morpholine rings is 1. The summed E-state index contributed by atoms with van der Waals surface area (Å²) >= 11 is 0. The summed E-state index contributed by atoms with van der Waals surface area (Å²) in [5.74, 6) is 1.74. The predicted molar refractivity (Wildman–Crippen MR) is 122 cm³/mol. The van der Waals surface area contributed by atoms with Gasteiger partial charge in [0, 0.05) is 51.5 Å². The van der Waals surface area contributed by atoms with Crippen LogP contribution in [0.1, 0.15) is 38.7 Å². The summed E-state index contributed by atoms with van der Waals surface area (Å²) < 4.78 is 17.1. The minimum Gasteiger partial charge on any atom is -0.492 e. The highest BCUT2D eigenvalue weighted by atomic mass is 16.5. The highest BCUT2D eigenvalue weighted by molar-refractivity contribution is 5.79. The van der Waals surface area contributed by atoms with Crippen molar-refractivity contribution in [2.24, 2.45) is 4.99 Å². The fraction of sp³-hybridized carbons (Fsp3) is 0.696. The van der Waals surface area contributed by atoms with Gasteiger partial charge >= 0.3 is 0 Å². The molecule has 0 atom stereocenters. The lowest BCUT2D eigenvalue weighted by Gasteiger charge is -2.26. The molecule has 1 aliphatic rings. The Morgan fingerprint density at radius 1 is 1.07 bits per heavy atom. The number of nitrogens with zero attached hydrogens (tertiary/aromatic N) is 2. The van der Waals surface area contributed by atoms with Crippen LogP contribution in [0.4, 0.5) is 0 Å². The monoisotopic (exact) mass is 420 g/mol. The molecule has 0 unspecified atom stereocenters. The number of benzene rings is 1. The molecular formula is C23H40N4O3. The van der Waals surface area contributed by atoms with Crippen LogP contribution in [0.15, 0.2) is 29.3 Å². The molecule has 2 N–H and O–H groups in total. The van der Waals surface area contributed by atoms with E-state index in [0.717, 1.165) is 89.3 Å². The van der Waals surface area contributed by atoms with Crippen molar-refractivity contribution < 1.29 is 14.2 Å².